The molecule has 0 aliphatic carbocycles. The van der Waals surface area contributed by atoms with Gasteiger partial charge in [-0.25, -0.2) is 0 Å². The van der Waals surface area contributed by atoms with Crippen molar-refractivity contribution in [2.75, 3.05) is 46.8 Å². The molecule has 1 N–H and O–H groups in total. The van der Waals surface area contributed by atoms with Crippen LogP contribution in [0.1, 0.15) is 36.4 Å². The van der Waals surface area contributed by atoms with Gasteiger partial charge in [0, 0.05) is 49.7 Å². The molecule has 1 aromatic heterocycles. The van der Waals surface area contributed by atoms with Crippen molar-refractivity contribution in [3.8, 4) is 11.8 Å². The van der Waals surface area contributed by atoms with Crippen LogP contribution in [-0.4, -0.2) is 77.8 Å². The second kappa shape index (κ2) is 7.38. The third-order valence-corrected chi connectivity index (χ3v) is 6.50. The van der Waals surface area contributed by atoms with Gasteiger partial charge in [-0.1, -0.05) is 11.8 Å². The number of hydrogen-bond acceptors (Lipinski definition) is 5. The van der Waals surface area contributed by atoms with Crippen molar-refractivity contribution in [3.63, 3.8) is 0 Å². The Morgan fingerprint density at radius 2 is 1.88 bits per heavy atom. The molecule has 25 heavy (non-hydrogen) atoms. The number of thiophene rings is 1. The number of hydrogen-bond donors (Lipinski definition) is 1. The second-order valence-corrected chi connectivity index (χ2v) is 9.40. The fourth-order valence-corrected chi connectivity index (χ4v) is 4.80. The summed E-state index contributed by atoms with van der Waals surface area (Å²) in [6.45, 7) is 10.4. The average molecular weight is 362 g/mol. The Balaban J connectivity index is 1.56. The maximum atomic E-state index is 9.72. The molecule has 0 unspecified atom stereocenters. The molecule has 4 nitrogen and oxygen atoms in total. The molecule has 1 aromatic rings. The van der Waals surface area contributed by atoms with E-state index in [4.69, 9.17) is 0 Å². The lowest BCUT2D eigenvalue weighted by Gasteiger charge is -2.52. The number of likely N-dealkylation sites (tertiary alicyclic amines) is 1. The van der Waals surface area contributed by atoms with E-state index in [0.29, 0.717) is 5.54 Å². The minimum absolute atomic E-state index is 0.377. The first-order valence-electron chi connectivity index (χ1n) is 9.22. The lowest BCUT2D eigenvalue weighted by atomic mass is 9.84. The van der Waals surface area contributed by atoms with E-state index >= 15 is 0 Å². The number of nitrogens with zero attached hydrogens (tertiary/aromatic N) is 3. The van der Waals surface area contributed by atoms with Crippen LogP contribution in [0.25, 0.3) is 0 Å². The normalized spacial score (nSPS) is 22.8. The van der Waals surface area contributed by atoms with Gasteiger partial charge >= 0.3 is 0 Å². The van der Waals surface area contributed by atoms with Gasteiger partial charge in [0.1, 0.15) is 5.60 Å². The summed E-state index contributed by atoms with van der Waals surface area (Å²) in [5.41, 5.74) is -0.549. The first-order chi connectivity index (χ1) is 11.8. The molecule has 0 bridgehead atoms. The minimum atomic E-state index is -0.926. The van der Waals surface area contributed by atoms with E-state index in [9.17, 15) is 5.11 Å². The van der Waals surface area contributed by atoms with Crippen molar-refractivity contribution in [1.82, 2.24) is 14.7 Å². The van der Waals surface area contributed by atoms with E-state index < -0.39 is 5.60 Å². The van der Waals surface area contributed by atoms with Crippen LogP contribution in [0.2, 0.25) is 0 Å². The van der Waals surface area contributed by atoms with Gasteiger partial charge in [0.2, 0.25) is 0 Å². The first kappa shape index (κ1) is 18.9. The van der Waals surface area contributed by atoms with Gasteiger partial charge < -0.3 is 10.0 Å². The summed E-state index contributed by atoms with van der Waals surface area (Å²) >= 11 is 1.75. The topological polar surface area (TPSA) is 30.0 Å². The van der Waals surface area contributed by atoms with Gasteiger partial charge in [-0.3, -0.25) is 9.80 Å². The Morgan fingerprint density at radius 1 is 1.16 bits per heavy atom. The van der Waals surface area contributed by atoms with Gasteiger partial charge in [0.05, 0.1) is 4.88 Å². The van der Waals surface area contributed by atoms with E-state index in [0.717, 1.165) is 11.4 Å². The lowest BCUT2D eigenvalue weighted by molar-refractivity contribution is -0.0203. The molecule has 0 saturated carbocycles. The molecule has 2 fully saturated rings. The van der Waals surface area contributed by atoms with Crippen molar-refractivity contribution in [1.29, 1.82) is 0 Å². The fourth-order valence-electron chi connectivity index (χ4n) is 3.89. The Hall–Kier alpha value is -0.900. The largest absolute Gasteiger partial charge is 0.378 e. The van der Waals surface area contributed by atoms with Crippen LogP contribution in [-0.2, 0) is 6.54 Å². The van der Waals surface area contributed by atoms with E-state index in [-0.39, 0.29) is 0 Å². The molecule has 0 aromatic carbocycles. The van der Waals surface area contributed by atoms with Crippen LogP contribution in [0, 0.1) is 11.8 Å². The van der Waals surface area contributed by atoms with Crippen molar-refractivity contribution in [2.24, 2.45) is 0 Å². The molecule has 0 radical (unpaired) electrons. The predicted molar refractivity (Wildman–Crippen MR) is 105 cm³/mol. The quantitative estimate of drug-likeness (QED) is 0.817. The first-order valence-corrected chi connectivity index (χ1v) is 10.0. The Kier molecular flexibility index (Phi) is 5.57. The standard InChI is InChI=1S/C20H31N3OS/c1-19(2,24)8-7-17-5-6-18(25-17)15-23-11-9-20(10-12-23)16-21(3)13-14-22(20)4/h5-6,24H,9-16H2,1-4H3. The maximum absolute atomic E-state index is 9.72. The Labute approximate surface area is 156 Å². The molecule has 0 atom stereocenters. The molecule has 2 aliphatic heterocycles. The third-order valence-electron chi connectivity index (χ3n) is 5.51. The monoisotopic (exact) mass is 361 g/mol. The number of piperazine rings is 1. The van der Waals surface area contributed by atoms with Crippen LogP contribution < -0.4 is 0 Å². The average Bonchev–Trinajstić information content (AvgIpc) is 2.99. The number of aliphatic hydroxyl groups is 1. The zero-order valence-corrected chi connectivity index (χ0v) is 16.8. The molecule has 2 saturated heterocycles. The molecular formula is C20H31N3OS. The van der Waals surface area contributed by atoms with Crippen LogP contribution in [0.3, 0.4) is 0 Å². The third kappa shape index (κ3) is 4.84. The molecule has 138 valence electrons. The number of rotatable bonds is 2. The highest BCUT2D eigenvalue weighted by atomic mass is 32.1. The fraction of sp³-hybridized carbons (Fsp3) is 0.700. The summed E-state index contributed by atoms with van der Waals surface area (Å²) in [4.78, 5) is 10.1. The maximum Gasteiger partial charge on any atom is 0.120 e. The van der Waals surface area contributed by atoms with Gasteiger partial charge in [0.15, 0.2) is 0 Å². The van der Waals surface area contributed by atoms with Crippen molar-refractivity contribution in [2.45, 2.75) is 44.4 Å². The molecule has 0 amide bonds. The highest BCUT2D eigenvalue weighted by Gasteiger charge is 2.41. The summed E-state index contributed by atoms with van der Waals surface area (Å²) in [5.74, 6) is 5.98. The molecule has 2 aliphatic rings. The summed E-state index contributed by atoms with van der Waals surface area (Å²) in [7, 11) is 4.55. The molecular weight excluding hydrogens is 330 g/mol. The zero-order valence-electron chi connectivity index (χ0n) is 16.0. The predicted octanol–water partition coefficient (Wildman–Crippen LogP) is 2.08. The minimum Gasteiger partial charge on any atom is -0.378 e. The smallest absolute Gasteiger partial charge is 0.120 e. The van der Waals surface area contributed by atoms with Crippen molar-refractivity contribution in [3.05, 3.63) is 21.9 Å². The zero-order chi connectivity index (χ0) is 18.1. The summed E-state index contributed by atoms with van der Waals surface area (Å²) in [6, 6.07) is 4.26. The van der Waals surface area contributed by atoms with Crippen LogP contribution in [0.15, 0.2) is 12.1 Å². The highest BCUT2D eigenvalue weighted by Crippen LogP contribution is 2.32. The van der Waals surface area contributed by atoms with Gasteiger partial charge in [-0.2, -0.15) is 0 Å². The van der Waals surface area contributed by atoms with Gasteiger partial charge in [-0.05, 0) is 52.9 Å². The van der Waals surface area contributed by atoms with E-state index in [2.05, 4.69) is 52.8 Å². The Bertz CT molecular complexity index is 644. The number of piperidine rings is 1. The summed E-state index contributed by atoms with van der Waals surface area (Å²) in [5, 5.41) is 9.72. The van der Waals surface area contributed by atoms with E-state index in [1.807, 2.05) is 0 Å². The molecule has 5 heteroatoms. The molecule has 3 rings (SSSR count). The SMILES string of the molecule is CN1CCN(C)C2(CCN(Cc3ccc(C#CC(C)(C)O)s3)CC2)C1. The van der Waals surface area contributed by atoms with Gasteiger partial charge in [-0.15, -0.1) is 11.3 Å². The Morgan fingerprint density at radius 3 is 2.56 bits per heavy atom. The van der Waals surface area contributed by atoms with Crippen LogP contribution in [0.4, 0.5) is 0 Å². The van der Waals surface area contributed by atoms with E-state index in [1.165, 1.54) is 50.4 Å². The number of likely N-dealkylation sites (N-methyl/N-ethyl adjacent to an activating group) is 2. The van der Waals surface area contributed by atoms with Crippen molar-refractivity contribution < 1.29 is 5.11 Å². The molecule has 1 spiro atoms. The second-order valence-electron chi connectivity index (χ2n) is 8.23. The highest BCUT2D eigenvalue weighted by molar-refractivity contribution is 7.12. The van der Waals surface area contributed by atoms with Gasteiger partial charge in [0.25, 0.3) is 0 Å². The van der Waals surface area contributed by atoms with Crippen LogP contribution >= 0.6 is 11.3 Å². The summed E-state index contributed by atoms with van der Waals surface area (Å²) in [6.07, 6.45) is 2.51. The summed E-state index contributed by atoms with van der Waals surface area (Å²) < 4.78 is 0. The molecule has 3 heterocycles. The van der Waals surface area contributed by atoms with Crippen molar-refractivity contribution >= 4 is 11.3 Å². The van der Waals surface area contributed by atoms with E-state index in [1.54, 1.807) is 25.2 Å². The lowest BCUT2D eigenvalue weighted by Crippen LogP contribution is -2.63. The van der Waals surface area contributed by atoms with Crippen LogP contribution in [0.5, 0.6) is 0 Å².